The fraction of sp³-hybridized carbons (Fsp3) is 0.300. The van der Waals surface area contributed by atoms with Crippen LogP contribution >= 0.6 is 11.6 Å². The largest absolute Gasteiger partial charge is 0.492 e. The van der Waals surface area contributed by atoms with Gasteiger partial charge < -0.3 is 15.0 Å². The van der Waals surface area contributed by atoms with E-state index in [-0.39, 0.29) is 11.8 Å². The minimum atomic E-state index is -0.211. The lowest BCUT2D eigenvalue weighted by molar-refractivity contribution is -0.117. The number of anilines is 1. The third-order valence-corrected chi connectivity index (χ3v) is 4.54. The number of halogens is 1. The second-order valence-corrected chi connectivity index (χ2v) is 6.49. The summed E-state index contributed by atoms with van der Waals surface area (Å²) < 4.78 is 5.38. The van der Waals surface area contributed by atoms with E-state index in [1.807, 2.05) is 31.2 Å². The van der Waals surface area contributed by atoms with Crippen molar-refractivity contribution in [3.8, 4) is 5.75 Å². The maximum Gasteiger partial charge on any atom is 0.251 e. The van der Waals surface area contributed by atoms with Gasteiger partial charge in [0.15, 0.2) is 0 Å². The van der Waals surface area contributed by atoms with Gasteiger partial charge in [-0.05, 0) is 49.2 Å². The van der Waals surface area contributed by atoms with E-state index in [0.717, 1.165) is 24.2 Å². The third-order valence-electron chi connectivity index (χ3n) is 4.24. The molecule has 0 unspecified atom stereocenters. The molecule has 1 fully saturated rings. The van der Waals surface area contributed by atoms with Gasteiger partial charge in [-0.1, -0.05) is 23.7 Å². The summed E-state index contributed by atoms with van der Waals surface area (Å²) in [7, 11) is 0. The summed E-state index contributed by atoms with van der Waals surface area (Å²) in [5, 5.41) is 3.29. The van der Waals surface area contributed by atoms with E-state index in [4.69, 9.17) is 16.3 Å². The molecular weight excluding hydrogens is 352 g/mol. The van der Waals surface area contributed by atoms with Crippen LogP contribution in [0.4, 0.5) is 5.69 Å². The molecule has 1 heterocycles. The van der Waals surface area contributed by atoms with Gasteiger partial charge in [0.05, 0.1) is 11.6 Å². The number of nitrogens with one attached hydrogen (secondary N) is 1. The first-order chi connectivity index (χ1) is 12.6. The lowest BCUT2D eigenvalue weighted by atomic mass is 10.1. The molecular formula is C20H21ClN2O3. The maximum atomic E-state index is 12.4. The molecule has 2 aromatic carbocycles. The molecule has 2 amide bonds. The third kappa shape index (κ3) is 4.17. The molecule has 136 valence electrons. The lowest BCUT2D eigenvalue weighted by Crippen LogP contribution is -2.25. The van der Waals surface area contributed by atoms with Gasteiger partial charge in [-0.3, -0.25) is 9.59 Å². The summed E-state index contributed by atoms with van der Waals surface area (Å²) in [6.07, 6.45) is 1.48. The smallest absolute Gasteiger partial charge is 0.251 e. The van der Waals surface area contributed by atoms with E-state index in [9.17, 15) is 9.59 Å². The van der Waals surface area contributed by atoms with Gasteiger partial charge in [-0.2, -0.15) is 0 Å². The molecule has 6 heteroatoms. The van der Waals surface area contributed by atoms with Gasteiger partial charge in [0.25, 0.3) is 5.91 Å². The minimum absolute atomic E-state index is 0.148. The highest BCUT2D eigenvalue weighted by atomic mass is 35.5. The highest BCUT2D eigenvalue weighted by Gasteiger charge is 2.21. The Kier molecular flexibility index (Phi) is 5.78. The molecule has 0 bridgehead atoms. The number of carbonyl (C=O) groups is 2. The van der Waals surface area contributed by atoms with Crippen molar-refractivity contribution in [3.63, 3.8) is 0 Å². The number of ether oxygens (including phenoxy) is 1. The van der Waals surface area contributed by atoms with Crippen LogP contribution in [-0.4, -0.2) is 25.0 Å². The van der Waals surface area contributed by atoms with E-state index in [2.05, 4.69) is 5.32 Å². The summed E-state index contributed by atoms with van der Waals surface area (Å²) in [5.74, 6) is 0.501. The maximum absolute atomic E-state index is 12.4. The van der Waals surface area contributed by atoms with Crippen molar-refractivity contribution in [1.29, 1.82) is 0 Å². The van der Waals surface area contributed by atoms with Crippen LogP contribution in [0.3, 0.4) is 0 Å². The normalized spacial score (nSPS) is 13.8. The lowest BCUT2D eigenvalue weighted by Gasteiger charge is -2.16. The number of rotatable bonds is 6. The Balaban J connectivity index is 1.64. The van der Waals surface area contributed by atoms with Crippen LogP contribution in [0.2, 0.25) is 5.02 Å². The Bertz CT molecular complexity index is 822. The Morgan fingerprint density at radius 3 is 2.81 bits per heavy atom. The van der Waals surface area contributed by atoms with Crippen LogP contribution in [-0.2, 0) is 11.3 Å². The van der Waals surface area contributed by atoms with Crippen molar-refractivity contribution in [2.24, 2.45) is 0 Å². The van der Waals surface area contributed by atoms with Gasteiger partial charge in [-0.25, -0.2) is 0 Å². The van der Waals surface area contributed by atoms with E-state index >= 15 is 0 Å². The fourth-order valence-electron chi connectivity index (χ4n) is 2.95. The first-order valence-electron chi connectivity index (χ1n) is 8.68. The van der Waals surface area contributed by atoms with Gasteiger partial charge >= 0.3 is 0 Å². The number of carbonyl (C=O) groups excluding carboxylic acids is 2. The quantitative estimate of drug-likeness (QED) is 0.839. The topological polar surface area (TPSA) is 58.6 Å². The van der Waals surface area contributed by atoms with Gasteiger partial charge in [0.2, 0.25) is 5.91 Å². The predicted octanol–water partition coefficient (Wildman–Crippen LogP) is 3.80. The van der Waals surface area contributed by atoms with E-state index in [1.54, 1.807) is 23.1 Å². The number of hydrogen-bond donors (Lipinski definition) is 1. The van der Waals surface area contributed by atoms with E-state index in [1.165, 1.54) is 0 Å². The number of amides is 2. The van der Waals surface area contributed by atoms with Crippen LogP contribution in [0.25, 0.3) is 0 Å². The van der Waals surface area contributed by atoms with Gasteiger partial charge in [0, 0.05) is 30.8 Å². The van der Waals surface area contributed by atoms with Crippen molar-refractivity contribution in [2.45, 2.75) is 26.3 Å². The molecule has 0 spiro atoms. The Morgan fingerprint density at radius 1 is 1.27 bits per heavy atom. The summed E-state index contributed by atoms with van der Waals surface area (Å²) in [6.45, 7) is 3.51. The highest BCUT2D eigenvalue weighted by Crippen LogP contribution is 2.25. The zero-order valence-corrected chi connectivity index (χ0v) is 15.4. The molecule has 2 aromatic rings. The van der Waals surface area contributed by atoms with Gasteiger partial charge in [-0.15, -0.1) is 0 Å². The van der Waals surface area contributed by atoms with Crippen LogP contribution in [0.5, 0.6) is 5.75 Å². The molecule has 0 aromatic heterocycles. The highest BCUT2D eigenvalue weighted by molar-refractivity contribution is 6.32. The fourth-order valence-corrected chi connectivity index (χ4v) is 3.19. The first-order valence-corrected chi connectivity index (χ1v) is 9.06. The van der Waals surface area contributed by atoms with Crippen LogP contribution in [0.15, 0.2) is 42.5 Å². The zero-order chi connectivity index (χ0) is 18.5. The van der Waals surface area contributed by atoms with Crippen molar-refractivity contribution in [2.75, 3.05) is 18.1 Å². The molecule has 26 heavy (non-hydrogen) atoms. The second kappa shape index (κ2) is 8.23. The van der Waals surface area contributed by atoms with E-state index < -0.39 is 0 Å². The average Bonchev–Trinajstić information content (AvgIpc) is 3.08. The Hall–Kier alpha value is -2.53. The predicted molar refractivity (Wildman–Crippen MR) is 102 cm³/mol. The molecule has 0 aliphatic carbocycles. The monoisotopic (exact) mass is 372 g/mol. The Labute approximate surface area is 157 Å². The summed E-state index contributed by atoms with van der Waals surface area (Å²) in [5.41, 5.74) is 2.29. The molecule has 3 rings (SSSR count). The Morgan fingerprint density at radius 2 is 2.12 bits per heavy atom. The number of hydrogen-bond acceptors (Lipinski definition) is 3. The average molecular weight is 373 g/mol. The summed E-state index contributed by atoms with van der Waals surface area (Å²) >= 11 is 6.13. The molecule has 1 saturated heterocycles. The van der Waals surface area contributed by atoms with Crippen molar-refractivity contribution < 1.29 is 14.3 Å². The zero-order valence-electron chi connectivity index (χ0n) is 14.6. The molecule has 5 nitrogen and oxygen atoms in total. The SMILES string of the molecule is CCOc1ccc(C(=O)NCc2cccc(N3CCCC3=O)c2)cc1Cl. The van der Waals surface area contributed by atoms with Crippen LogP contribution in [0.1, 0.15) is 35.7 Å². The van der Waals surface area contributed by atoms with Crippen molar-refractivity contribution >= 4 is 29.1 Å². The second-order valence-electron chi connectivity index (χ2n) is 6.08. The van der Waals surface area contributed by atoms with Gasteiger partial charge in [0.1, 0.15) is 5.75 Å². The standard InChI is InChI=1S/C20H21ClN2O3/c1-2-26-18-9-8-15(12-17(18)21)20(25)22-13-14-5-3-6-16(11-14)23-10-4-7-19(23)24/h3,5-6,8-9,11-12H,2,4,7,10,13H2,1H3,(H,22,25). The van der Waals surface area contributed by atoms with E-state index in [0.29, 0.717) is 35.9 Å². The summed E-state index contributed by atoms with van der Waals surface area (Å²) in [6, 6.07) is 12.7. The molecule has 0 radical (unpaired) electrons. The number of benzene rings is 2. The first kappa shape index (κ1) is 18.3. The molecule has 0 atom stereocenters. The minimum Gasteiger partial charge on any atom is -0.492 e. The summed E-state index contributed by atoms with van der Waals surface area (Å²) in [4.78, 5) is 26.0. The molecule has 0 saturated carbocycles. The van der Waals surface area contributed by atoms with Crippen LogP contribution < -0.4 is 15.0 Å². The molecule has 1 aliphatic heterocycles. The molecule has 1 aliphatic rings. The van der Waals surface area contributed by atoms with Crippen molar-refractivity contribution in [1.82, 2.24) is 5.32 Å². The van der Waals surface area contributed by atoms with Crippen LogP contribution in [0, 0.1) is 0 Å². The number of nitrogens with zero attached hydrogens (tertiary/aromatic N) is 1. The van der Waals surface area contributed by atoms with Crippen molar-refractivity contribution in [3.05, 3.63) is 58.6 Å². The molecule has 1 N–H and O–H groups in total.